The Hall–Kier alpha value is -1.60. The maximum Gasteiger partial charge on any atom is 0.261 e. The van der Waals surface area contributed by atoms with E-state index in [1.165, 1.54) is 36.4 Å². The fourth-order valence-electron chi connectivity index (χ4n) is 1.59. The predicted octanol–water partition coefficient (Wildman–Crippen LogP) is 3.28. The summed E-state index contributed by atoms with van der Waals surface area (Å²) < 4.78 is 40.1. The Bertz CT molecular complexity index is 763. The molecule has 7 heteroatoms. The number of hydrogen-bond donors (Lipinski definition) is 2. The van der Waals surface area contributed by atoms with Crippen LogP contribution in [0.5, 0.6) is 0 Å². The van der Waals surface area contributed by atoms with Crippen molar-refractivity contribution >= 4 is 37.3 Å². The summed E-state index contributed by atoms with van der Waals surface area (Å²) in [5, 5.41) is 0. The van der Waals surface area contributed by atoms with Gasteiger partial charge in [0, 0.05) is 5.69 Å². The first-order chi connectivity index (χ1) is 9.29. The normalized spacial score (nSPS) is 11.3. The van der Waals surface area contributed by atoms with Gasteiger partial charge in [0.05, 0.1) is 15.1 Å². The van der Waals surface area contributed by atoms with E-state index in [0.717, 1.165) is 0 Å². The molecule has 0 aromatic heterocycles. The smallest absolute Gasteiger partial charge is 0.261 e. The SMILES string of the molecule is Cc1cc(S(=O)(=O)Nc2ccc(F)c(Br)c2)ccc1N. The van der Waals surface area contributed by atoms with E-state index in [2.05, 4.69) is 20.7 Å². The number of halogens is 2. The molecule has 0 aliphatic carbocycles. The second-order valence-electron chi connectivity index (χ2n) is 4.25. The molecule has 2 aromatic rings. The average molecular weight is 359 g/mol. The molecule has 20 heavy (non-hydrogen) atoms. The van der Waals surface area contributed by atoms with Crippen LogP contribution in [0.4, 0.5) is 15.8 Å². The fourth-order valence-corrected chi connectivity index (χ4v) is 3.10. The maximum absolute atomic E-state index is 13.1. The van der Waals surface area contributed by atoms with E-state index < -0.39 is 15.8 Å². The predicted molar refractivity (Wildman–Crippen MR) is 80.5 cm³/mol. The molecule has 106 valence electrons. The molecule has 0 radical (unpaired) electrons. The van der Waals surface area contributed by atoms with Crippen molar-refractivity contribution in [2.75, 3.05) is 10.5 Å². The first-order valence-corrected chi connectivity index (χ1v) is 7.91. The van der Waals surface area contributed by atoms with Gasteiger partial charge in [0.2, 0.25) is 0 Å². The van der Waals surface area contributed by atoms with Crippen molar-refractivity contribution in [3.63, 3.8) is 0 Å². The number of nitrogens with one attached hydrogen (secondary N) is 1. The molecule has 0 heterocycles. The van der Waals surface area contributed by atoms with E-state index in [4.69, 9.17) is 5.73 Å². The zero-order chi connectivity index (χ0) is 14.9. The highest BCUT2D eigenvalue weighted by molar-refractivity contribution is 9.10. The van der Waals surface area contributed by atoms with Crippen molar-refractivity contribution in [2.24, 2.45) is 0 Å². The number of anilines is 2. The van der Waals surface area contributed by atoms with E-state index in [9.17, 15) is 12.8 Å². The Morgan fingerprint density at radius 2 is 1.90 bits per heavy atom. The molecule has 0 fully saturated rings. The third kappa shape index (κ3) is 3.10. The molecule has 3 N–H and O–H groups in total. The molecule has 0 aliphatic rings. The molecule has 0 saturated carbocycles. The lowest BCUT2D eigenvalue weighted by molar-refractivity contribution is 0.601. The van der Waals surface area contributed by atoms with Crippen molar-refractivity contribution in [2.45, 2.75) is 11.8 Å². The number of hydrogen-bond acceptors (Lipinski definition) is 3. The van der Waals surface area contributed by atoms with Gasteiger partial charge in [-0.25, -0.2) is 12.8 Å². The standard InChI is InChI=1S/C13H12BrFN2O2S/c1-8-6-10(3-5-13(8)16)20(18,19)17-9-2-4-12(15)11(14)7-9/h2-7,17H,16H2,1H3. The minimum atomic E-state index is -3.73. The van der Waals surface area contributed by atoms with Gasteiger partial charge in [0.1, 0.15) is 5.82 Å². The zero-order valence-corrected chi connectivity index (χ0v) is 12.9. The van der Waals surface area contributed by atoms with Gasteiger partial charge in [-0.1, -0.05) is 0 Å². The molecule has 0 bridgehead atoms. The molecule has 0 saturated heterocycles. The second-order valence-corrected chi connectivity index (χ2v) is 6.79. The minimum Gasteiger partial charge on any atom is -0.399 e. The molecule has 0 amide bonds. The van der Waals surface area contributed by atoms with Gasteiger partial charge in [0.15, 0.2) is 0 Å². The monoisotopic (exact) mass is 358 g/mol. The molecular formula is C13H12BrFN2O2S. The fraction of sp³-hybridized carbons (Fsp3) is 0.0769. The maximum atomic E-state index is 13.1. The summed E-state index contributed by atoms with van der Waals surface area (Å²) in [4.78, 5) is 0.102. The van der Waals surface area contributed by atoms with Crippen LogP contribution in [-0.4, -0.2) is 8.42 Å². The molecule has 2 rings (SSSR count). The van der Waals surface area contributed by atoms with Crippen LogP contribution in [0.25, 0.3) is 0 Å². The van der Waals surface area contributed by atoms with Crippen LogP contribution in [0.1, 0.15) is 5.56 Å². The summed E-state index contributed by atoms with van der Waals surface area (Å²) in [7, 11) is -3.73. The van der Waals surface area contributed by atoms with Gasteiger partial charge >= 0.3 is 0 Å². The van der Waals surface area contributed by atoms with E-state index in [-0.39, 0.29) is 15.1 Å². The van der Waals surface area contributed by atoms with Crippen molar-refractivity contribution in [3.8, 4) is 0 Å². The number of aryl methyl sites for hydroxylation is 1. The number of sulfonamides is 1. The highest BCUT2D eigenvalue weighted by Crippen LogP contribution is 2.23. The van der Waals surface area contributed by atoms with Gasteiger partial charge < -0.3 is 5.73 Å². The summed E-state index contributed by atoms with van der Waals surface area (Å²) in [5.74, 6) is -0.462. The van der Waals surface area contributed by atoms with Gasteiger partial charge in [-0.3, -0.25) is 4.72 Å². The summed E-state index contributed by atoms with van der Waals surface area (Å²) in [5.41, 5.74) is 7.12. The van der Waals surface area contributed by atoms with Gasteiger partial charge in [0.25, 0.3) is 10.0 Å². The van der Waals surface area contributed by atoms with Crippen LogP contribution in [0.3, 0.4) is 0 Å². The average Bonchev–Trinajstić information content (AvgIpc) is 2.37. The highest BCUT2D eigenvalue weighted by atomic mass is 79.9. The van der Waals surface area contributed by atoms with Crippen molar-refractivity contribution in [1.82, 2.24) is 0 Å². The minimum absolute atomic E-state index is 0.102. The topological polar surface area (TPSA) is 72.2 Å². The molecular weight excluding hydrogens is 347 g/mol. The quantitative estimate of drug-likeness (QED) is 0.827. The van der Waals surface area contributed by atoms with E-state index in [1.807, 2.05) is 0 Å². The summed E-state index contributed by atoms with van der Waals surface area (Å²) in [6.45, 7) is 1.73. The van der Waals surface area contributed by atoms with Crippen LogP contribution in [0.15, 0.2) is 45.8 Å². The Balaban J connectivity index is 2.35. The third-order valence-corrected chi connectivity index (χ3v) is 4.71. The van der Waals surface area contributed by atoms with E-state index in [0.29, 0.717) is 11.3 Å². The summed E-state index contributed by atoms with van der Waals surface area (Å²) in [6, 6.07) is 8.32. The summed E-state index contributed by atoms with van der Waals surface area (Å²) in [6.07, 6.45) is 0. The van der Waals surface area contributed by atoms with Crippen LogP contribution in [0.2, 0.25) is 0 Å². The van der Waals surface area contributed by atoms with E-state index >= 15 is 0 Å². The number of rotatable bonds is 3. The lowest BCUT2D eigenvalue weighted by atomic mass is 10.2. The van der Waals surface area contributed by atoms with E-state index in [1.54, 1.807) is 6.92 Å². The van der Waals surface area contributed by atoms with Crippen molar-refractivity contribution in [1.29, 1.82) is 0 Å². The van der Waals surface area contributed by atoms with Crippen LogP contribution in [0, 0.1) is 12.7 Å². The Morgan fingerprint density at radius 3 is 2.50 bits per heavy atom. The first-order valence-electron chi connectivity index (χ1n) is 5.63. The number of nitrogens with two attached hydrogens (primary N) is 1. The van der Waals surface area contributed by atoms with Gasteiger partial charge in [-0.15, -0.1) is 0 Å². The lowest BCUT2D eigenvalue weighted by Crippen LogP contribution is -2.13. The Morgan fingerprint density at radius 1 is 1.20 bits per heavy atom. The van der Waals surface area contributed by atoms with Crippen molar-refractivity contribution in [3.05, 3.63) is 52.3 Å². The largest absolute Gasteiger partial charge is 0.399 e. The molecule has 0 aliphatic heterocycles. The first kappa shape index (κ1) is 14.8. The summed E-state index contributed by atoms with van der Waals surface area (Å²) >= 11 is 3.00. The lowest BCUT2D eigenvalue weighted by Gasteiger charge is -2.10. The molecule has 4 nitrogen and oxygen atoms in total. The van der Waals surface area contributed by atoms with Crippen LogP contribution >= 0.6 is 15.9 Å². The molecule has 0 unspecified atom stereocenters. The van der Waals surface area contributed by atoms with Crippen LogP contribution in [-0.2, 0) is 10.0 Å². The number of benzene rings is 2. The second kappa shape index (κ2) is 5.41. The number of nitrogen functional groups attached to an aromatic ring is 1. The van der Waals surface area contributed by atoms with Crippen molar-refractivity contribution < 1.29 is 12.8 Å². The molecule has 0 atom stereocenters. The van der Waals surface area contributed by atoms with Gasteiger partial charge in [-0.05, 0) is 64.8 Å². The Kier molecular flexibility index (Phi) is 4.01. The zero-order valence-electron chi connectivity index (χ0n) is 10.5. The highest BCUT2D eigenvalue weighted by Gasteiger charge is 2.15. The third-order valence-electron chi connectivity index (χ3n) is 2.72. The van der Waals surface area contributed by atoms with Gasteiger partial charge in [-0.2, -0.15) is 0 Å². The molecule has 2 aromatic carbocycles. The molecule has 0 spiro atoms. The van der Waals surface area contributed by atoms with Crippen LogP contribution < -0.4 is 10.5 Å². The Labute approximate surface area is 125 Å².